The monoisotopic (exact) mass is 431 g/mol. The summed E-state index contributed by atoms with van der Waals surface area (Å²) in [5, 5.41) is 0. The van der Waals surface area contributed by atoms with Gasteiger partial charge in [0, 0.05) is 0 Å². The summed E-state index contributed by atoms with van der Waals surface area (Å²) >= 11 is 0. The SMILES string of the molecule is NC(F)(F)C(F)(F)C(F)(F)C(F)(F)C(F)(F)C(F)(F)C(F)CC(F)(F)F. The maximum Gasteiger partial charge on any atom is 0.392 e. The summed E-state index contributed by atoms with van der Waals surface area (Å²) in [5.74, 6) is -39.1. The van der Waals surface area contributed by atoms with Gasteiger partial charge in [0.1, 0.15) is 0 Å². The summed E-state index contributed by atoms with van der Waals surface area (Å²) in [4.78, 5) is 0. The van der Waals surface area contributed by atoms with E-state index in [4.69, 9.17) is 0 Å². The van der Waals surface area contributed by atoms with Crippen LogP contribution in [0, 0.1) is 0 Å². The molecule has 0 heterocycles. The Kier molecular flexibility index (Phi) is 5.91. The minimum atomic E-state index is -8.16. The maximum absolute atomic E-state index is 13.0. The first-order valence-electron chi connectivity index (χ1n) is 5.64. The third kappa shape index (κ3) is 3.62. The molecule has 0 aromatic heterocycles. The van der Waals surface area contributed by atoms with Crippen molar-refractivity contribution in [2.24, 2.45) is 5.73 Å². The minimum Gasteiger partial charge on any atom is -0.267 e. The molecule has 0 aromatic carbocycles. The lowest BCUT2D eigenvalue weighted by molar-refractivity contribution is -0.429. The van der Waals surface area contributed by atoms with Crippen LogP contribution in [0.15, 0.2) is 0 Å². The van der Waals surface area contributed by atoms with Crippen LogP contribution in [0.1, 0.15) is 6.42 Å². The zero-order valence-corrected chi connectivity index (χ0v) is 11.4. The lowest BCUT2D eigenvalue weighted by atomic mass is 9.90. The van der Waals surface area contributed by atoms with Crippen LogP contribution in [0.25, 0.3) is 0 Å². The molecule has 26 heavy (non-hydrogen) atoms. The Hall–Kier alpha value is -1.16. The number of hydrogen-bond donors (Lipinski definition) is 1. The average molecular weight is 431 g/mol. The van der Waals surface area contributed by atoms with E-state index < -0.39 is 54.4 Å². The van der Waals surface area contributed by atoms with Gasteiger partial charge in [-0.15, -0.1) is 0 Å². The molecule has 0 fully saturated rings. The van der Waals surface area contributed by atoms with Crippen molar-refractivity contribution in [1.29, 1.82) is 0 Å². The summed E-state index contributed by atoms with van der Waals surface area (Å²) in [6.45, 7) is 0. The van der Waals surface area contributed by atoms with E-state index in [-0.39, 0.29) is 0 Å². The molecule has 1 atom stereocenters. The number of hydrogen-bond acceptors (Lipinski definition) is 1. The highest BCUT2D eigenvalue weighted by atomic mass is 19.4. The molecule has 0 bridgehead atoms. The Morgan fingerprint density at radius 3 is 1.12 bits per heavy atom. The van der Waals surface area contributed by atoms with Crippen molar-refractivity contribution in [2.45, 2.75) is 54.4 Å². The largest absolute Gasteiger partial charge is 0.392 e. The van der Waals surface area contributed by atoms with Gasteiger partial charge in [-0.1, -0.05) is 0 Å². The standard InChI is InChI=1S/C9H5F16N/c10-2(1-3(11,12)13)4(14,15)5(16,17)6(18,19)7(20,21)8(22,23)9(24,25)26/h2H,1,26H2. The van der Waals surface area contributed by atoms with E-state index in [0.29, 0.717) is 0 Å². The molecule has 0 rings (SSSR count). The van der Waals surface area contributed by atoms with E-state index in [2.05, 4.69) is 5.73 Å². The molecule has 0 aromatic rings. The van der Waals surface area contributed by atoms with Gasteiger partial charge in [0.2, 0.25) is 0 Å². The van der Waals surface area contributed by atoms with Gasteiger partial charge in [0.05, 0.1) is 6.42 Å². The average Bonchev–Trinajstić information content (AvgIpc) is 2.34. The third-order valence-electron chi connectivity index (χ3n) is 2.82. The molecule has 158 valence electrons. The van der Waals surface area contributed by atoms with Crippen LogP contribution in [-0.2, 0) is 0 Å². The first-order chi connectivity index (χ1) is 10.9. The van der Waals surface area contributed by atoms with Crippen molar-refractivity contribution in [2.75, 3.05) is 0 Å². The van der Waals surface area contributed by atoms with Gasteiger partial charge >= 0.3 is 41.8 Å². The first kappa shape index (κ1) is 24.8. The lowest BCUT2D eigenvalue weighted by Gasteiger charge is -2.41. The highest BCUT2D eigenvalue weighted by molar-refractivity contribution is 5.12. The Bertz CT molecular complexity index is 499. The second kappa shape index (κ2) is 6.19. The van der Waals surface area contributed by atoms with Crippen molar-refractivity contribution < 1.29 is 70.2 Å². The van der Waals surface area contributed by atoms with Gasteiger partial charge in [-0.2, -0.15) is 65.9 Å². The quantitative estimate of drug-likeness (QED) is 0.446. The van der Waals surface area contributed by atoms with Crippen LogP contribution in [0.2, 0.25) is 0 Å². The van der Waals surface area contributed by atoms with Crippen molar-refractivity contribution >= 4 is 0 Å². The van der Waals surface area contributed by atoms with Crippen LogP contribution in [0.5, 0.6) is 0 Å². The van der Waals surface area contributed by atoms with Gasteiger partial charge in [0.25, 0.3) is 0 Å². The molecule has 1 unspecified atom stereocenters. The lowest BCUT2D eigenvalue weighted by Crippen LogP contribution is -2.73. The number of rotatable bonds is 7. The third-order valence-corrected chi connectivity index (χ3v) is 2.82. The highest BCUT2D eigenvalue weighted by Crippen LogP contribution is 2.60. The summed E-state index contributed by atoms with van der Waals surface area (Å²) in [6.07, 6.45) is -14.9. The van der Waals surface area contributed by atoms with Crippen molar-refractivity contribution in [3.63, 3.8) is 0 Å². The predicted molar refractivity (Wildman–Crippen MR) is 49.4 cm³/mol. The van der Waals surface area contributed by atoms with Crippen molar-refractivity contribution in [3.8, 4) is 0 Å². The first-order valence-corrected chi connectivity index (χ1v) is 5.64. The normalized spacial score (nSPS) is 17.4. The van der Waals surface area contributed by atoms with Crippen molar-refractivity contribution in [1.82, 2.24) is 0 Å². The molecular formula is C9H5F16N. The summed E-state index contributed by atoms with van der Waals surface area (Å²) in [5.41, 5.74) is 3.14. The summed E-state index contributed by atoms with van der Waals surface area (Å²) in [6, 6.07) is -6.66. The second-order valence-corrected chi connectivity index (χ2v) is 4.83. The molecule has 17 heteroatoms. The highest BCUT2D eigenvalue weighted by Gasteiger charge is 2.90. The Morgan fingerprint density at radius 1 is 0.538 bits per heavy atom. The summed E-state index contributed by atoms with van der Waals surface area (Å²) in [7, 11) is 0. The zero-order valence-electron chi connectivity index (χ0n) is 11.4. The number of nitrogens with two attached hydrogens (primary N) is 1. The van der Waals surface area contributed by atoms with Gasteiger partial charge < -0.3 is 0 Å². The van der Waals surface area contributed by atoms with Gasteiger partial charge in [-0.3, -0.25) is 5.73 Å². The van der Waals surface area contributed by atoms with Crippen LogP contribution in [0.3, 0.4) is 0 Å². The van der Waals surface area contributed by atoms with Crippen LogP contribution in [0.4, 0.5) is 70.2 Å². The molecule has 0 aliphatic heterocycles. The Balaban J connectivity index is 6.24. The molecule has 0 spiro atoms. The van der Waals surface area contributed by atoms with E-state index in [1.807, 2.05) is 0 Å². The topological polar surface area (TPSA) is 26.0 Å². The molecule has 0 saturated carbocycles. The van der Waals surface area contributed by atoms with E-state index in [9.17, 15) is 70.2 Å². The van der Waals surface area contributed by atoms with E-state index in [0.717, 1.165) is 0 Å². The van der Waals surface area contributed by atoms with Gasteiger partial charge in [-0.05, 0) is 0 Å². The Morgan fingerprint density at radius 2 is 0.846 bits per heavy atom. The van der Waals surface area contributed by atoms with Crippen LogP contribution in [-0.4, -0.2) is 48.0 Å². The molecule has 2 N–H and O–H groups in total. The molecule has 0 aliphatic rings. The van der Waals surface area contributed by atoms with E-state index >= 15 is 0 Å². The van der Waals surface area contributed by atoms with Crippen molar-refractivity contribution in [3.05, 3.63) is 0 Å². The fourth-order valence-electron chi connectivity index (χ4n) is 1.34. The molecule has 0 saturated heterocycles. The number of halogens is 16. The van der Waals surface area contributed by atoms with Gasteiger partial charge in [0.15, 0.2) is 6.17 Å². The maximum atomic E-state index is 13.0. The molecule has 0 aliphatic carbocycles. The van der Waals surface area contributed by atoms with Gasteiger partial charge in [-0.25, -0.2) is 4.39 Å². The number of alkyl halides is 16. The molecule has 0 radical (unpaired) electrons. The van der Waals surface area contributed by atoms with Crippen LogP contribution < -0.4 is 5.73 Å². The molecular weight excluding hydrogens is 426 g/mol. The van der Waals surface area contributed by atoms with E-state index in [1.165, 1.54) is 0 Å². The second-order valence-electron chi connectivity index (χ2n) is 4.83. The molecule has 0 amide bonds. The Labute approximate surface area is 132 Å². The zero-order chi connectivity index (χ0) is 21.8. The summed E-state index contributed by atoms with van der Waals surface area (Å²) < 4.78 is 201. The van der Waals surface area contributed by atoms with Crippen LogP contribution >= 0.6 is 0 Å². The predicted octanol–water partition coefficient (Wildman–Crippen LogP) is 5.00. The smallest absolute Gasteiger partial charge is 0.267 e. The van der Waals surface area contributed by atoms with E-state index in [1.54, 1.807) is 0 Å². The minimum absolute atomic E-state index is 3.14. The fraction of sp³-hybridized carbons (Fsp3) is 1.00. The molecule has 1 nitrogen and oxygen atoms in total. The fourth-order valence-corrected chi connectivity index (χ4v) is 1.34.